The minimum absolute atomic E-state index is 0.0391. The molecule has 0 saturated carbocycles. The number of aryl methyl sites for hydroxylation is 2. The van der Waals surface area contributed by atoms with Crippen LogP contribution in [0.5, 0.6) is 0 Å². The maximum absolute atomic E-state index is 13.5. The highest BCUT2D eigenvalue weighted by Gasteiger charge is 2.11. The molecule has 2 heterocycles. The maximum atomic E-state index is 13.5. The van der Waals surface area contributed by atoms with Crippen LogP contribution in [-0.4, -0.2) is 20.6 Å². The Morgan fingerprint density at radius 2 is 2.17 bits per heavy atom. The van der Waals surface area contributed by atoms with Crippen molar-refractivity contribution >= 4 is 22.3 Å². The molecule has 0 spiro atoms. The molecule has 124 valence electrons. The number of esters is 1. The number of aromatic nitrogens is 3. The molecule has 0 unspecified atom stereocenters. The molecule has 0 aliphatic heterocycles. The van der Waals surface area contributed by atoms with Gasteiger partial charge in [0.05, 0.1) is 0 Å². The van der Waals surface area contributed by atoms with Crippen LogP contribution in [0.2, 0.25) is 0 Å². The van der Waals surface area contributed by atoms with Crippen LogP contribution in [0.4, 0.5) is 4.39 Å². The molecule has 6 nitrogen and oxygen atoms in total. The van der Waals surface area contributed by atoms with Crippen molar-refractivity contribution in [3.63, 3.8) is 0 Å². The highest BCUT2D eigenvalue weighted by molar-refractivity contribution is 7.16. The second-order valence-corrected chi connectivity index (χ2v) is 6.22. The largest absolute Gasteiger partial charge is 0.458 e. The number of carbonyl (C=O) groups is 1. The van der Waals surface area contributed by atoms with E-state index in [4.69, 9.17) is 4.74 Å². The van der Waals surface area contributed by atoms with Crippen molar-refractivity contribution in [2.75, 3.05) is 0 Å². The standard InChI is InChI=1S/C16H14FN3O3S/c1-10-8-14(21)20-16(18-10)24-13(19-20)9-23-15(22)7-6-11-4-2-3-5-12(11)17/h2-5,8H,6-7,9H2,1H3. The average Bonchev–Trinajstić information content (AvgIpc) is 2.95. The summed E-state index contributed by atoms with van der Waals surface area (Å²) >= 11 is 1.19. The molecule has 0 N–H and O–H groups in total. The maximum Gasteiger partial charge on any atom is 0.306 e. The number of rotatable bonds is 5. The molecule has 8 heteroatoms. The molecule has 2 aromatic heterocycles. The lowest BCUT2D eigenvalue weighted by Gasteiger charge is -2.03. The summed E-state index contributed by atoms with van der Waals surface area (Å²) in [5, 5.41) is 4.56. The molecule has 0 fully saturated rings. The predicted molar refractivity (Wildman–Crippen MR) is 86.4 cm³/mol. The molecule has 0 atom stereocenters. The topological polar surface area (TPSA) is 73.6 Å². The molecule has 0 amide bonds. The van der Waals surface area contributed by atoms with Gasteiger partial charge in [-0.15, -0.1) is 0 Å². The van der Waals surface area contributed by atoms with Gasteiger partial charge in [-0.25, -0.2) is 9.37 Å². The van der Waals surface area contributed by atoms with E-state index in [1.54, 1.807) is 25.1 Å². The monoisotopic (exact) mass is 347 g/mol. The highest BCUT2D eigenvalue weighted by Crippen LogP contribution is 2.13. The quantitative estimate of drug-likeness (QED) is 0.662. The molecular formula is C16H14FN3O3S. The Labute approximate surface area is 140 Å². The van der Waals surface area contributed by atoms with Gasteiger partial charge in [-0.05, 0) is 25.0 Å². The highest BCUT2D eigenvalue weighted by atomic mass is 32.1. The third kappa shape index (κ3) is 3.65. The fourth-order valence-electron chi connectivity index (χ4n) is 2.17. The molecule has 3 rings (SSSR count). The number of hydrogen-bond acceptors (Lipinski definition) is 6. The average molecular weight is 347 g/mol. The minimum Gasteiger partial charge on any atom is -0.458 e. The van der Waals surface area contributed by atoms with E-state index in [1.165, 1.54) is 28.0 Å². The number of ether oxygens (including phenoxy) is 1. The Kier molecular flexibility index (Phi) is 4.66. The molecule has 0 saturated heterocycles. The van der Waals surface area contributed by atoms with Gasteiger partial charge in [0, 0.05) is 18.2 Å². The third-order valence-corrected chi connectivity index (χ3v) is 4.21. The van der Waals surface area contributed by atoms with Crippen molar-refractivity contribution in [1.29, 1.82) is 0 Å². The Hall–Kier alpha value is -2.61. The van der Waals surface area contributed by atoms with Gasteiger partial charge < -0.3 is 4.74 Å². The van der Waals surface area contributed by atoms with Gasteiger partial charge in [0.25, 0.3) is 5.56 Å². The van der Waals surface area contributed by atoms with Gasteiger partial charge in [0.15, 0.2) is 5.01 Å². The van der Waals surface area contributed by atoms with E-state index in [-0.39, 0.29) is 30.8 Å². The Balaban J connectivity index is 1.59. The lowest BCUT2D eigenvalue weighted by molar-refractivity contribution is -0.144. The van der Waals surface area contributed by atoms with Gasteiger partial charge in [-0.2, -0.15) is 9.61 Å². The first-order valence-corrected chi connectivity index (χ1v) is 8.10. The lowest BCUT2D eigenvalue weighted by atomic mass is 10.1. The van der Waals surface area contributed by atoms with E-state index in [0.29, 0.717) is 21.2 Å². The summed E-state index contributed by atoms with van der Waals surface area (Å²) in [5.41, 5.74) is 0.809. The molecular weight excluding hydrogens is 333 g/mol. The van der Waals surface area contributed by atoms with Crippen molar-refractivity contribution in [3.05, 3.63) is 62.8 Å². The first-order valence-electron chi connectivity index (χ1n) is 7.28. The smallest absolute Gasteiger partial charge is 0.306 e. The summed E-state index contributed by atoms with van der Waals surface area (Å²) < 4.78 is 19.8. The van der Waals surface area contributed by atoms with Crippen molar-refractivity contribution in [3.8, 4) is 0 Å². The van der Waals surface area contributed by atoms with Crippen LogP contribution in [0.15, 0.2) is 35.1 Å². The Morgan fingerprint density at radius 1 is 1.38 bits per heavy atom. The summed E-state index contributed by atoms with van der Waals surface area (Å²) in [6.07, 6.45) is 0.342. The summed E-state index contributed by atoms with van der Waals surface area (Å²) in [4.78, 5) is 28.2. The van der Waals surface area contributed by atoms with Gasteiger partial charge in [0.1, 0.15) is 12.4 Å². The summed E-state index contributed by atoms with van der Waals surface area (Å²) in [6.45, 7) is 1.69. The zero-order chi connectivity index (χ0) is 17.1. The summed E-state index contributed by atoms with van der Waals surface area (Å²) in [7, 11) is 0. The number of fused-ring (bicyclic) bond motifs is 1. The van der Waals surface area contributed by atoms with Crippen LogP contribution in [0, 0.1) is 12.7 Å². The number of nitrogens with zero attached hydrogens (tertiary/aromatic N) is 3. The molecule has 24 heavy (non-hydrogen) atoms. The number of carbonyl (C=O) groups excluding carboxylic acids is 1. The van der Waals surface area contributed by atoms with E-state index in [0.717, 1.165) is 0 Å². The van der Waals surface area contributed by atoms with Crippen LogP contribution >= 0.6 is 11.3 Å². The summed E-state index contributed by atoms with van der Waals surface area (Å²) in [6, 6.07) is 7.70. The first-order chi connectivity index (χ1) is 11.5. The Morgan fingerprint density at radius 3 is 2.96 bits per heavy atom. The minimum atomic E-state index is -0.450. The van der Waals surface area contributed by atoms with Crippen LogP contribution in [0.1, 0.15) is 22.7 Å². The predicted octanol–water partition coefficient (Wildman–Crippen LogP) is 2.27. The molecule has 0 bridgehead atoms. The number of benzene rings is 1. The van der Waals surface area contributed by atoms with Gasteiger partial charge in [0.2, 0.25) is 4.96 Å². The second kappa shape index (κ2) is 6.88. The fourth-order valence-corrected chi connectivity index (χ4v) is 3.03. The van der Waals surface area contributed by atoms with E-state index in [2.05, 4.69) is 10.1 Å². The zero-order valence-electron chi connectivity index (χ0n) is 12.9. The van der Waals surface area contributed by atoms with Gasteiger partial charge >= 0.3 is 5.97 Å². The van der Waals surface area contributed by atoms with Crippen LogP contribution in [0.3, 0.4) is 0 Å². The summed E-state index contributed by atoms with van der Waals surface area (Å²) in [5.74, 6) is -0.786. The van der Waals surface area contributed by atoms with Crippen molar-refractivity contribution in [1.82, 2.24) is 14.6 Å². The SMILES string of the molecule is Cc1cc(=O)n2nc(COC(=O)CCc3ccccc3F)sc2n1. The lowest BCUT2D eigenvalue weighted by Crippen LogP contribution is -2.14. The van der Waals surface area contributed by atoms with E-state index >= 15 is 0 Å². The van der Waals surface area contributed by atoms with Crippen molar-refractivity contribution in [2.45, 2.75) is 26.4 Å². The van der Waals surface area contributed by atoms with Crippen LogP contribution in [0.25, 0.3) is 4.96 Å². The normalized spacial score (nSPS) is 10.9. The number of hydrogen-bond donors (Lipinski definition) is 0. The molecule has 0 radical (unpaired) electrons. The molecule has 0 aliphatic rings. The molecule has 1 aromatic carbocycles. The zero-order valence-corrected chi connectivity index (χ0v) is 13.7. The fraction of sp³-hybridized carbons (Fsp3) is 0.250. The number of halogens is 1. The van der Waals surface area contributed by atoms with Gasteiger partial charge in [-0.1, -0.05) is 29.5 Å². The first kappa shape index (κ1) is 16.3. The second-order valence-electron chi connectivity index (χ2n) is 5.18. The van der Waals surface area contributed by atoms with Gasteiger partial charge in [-0.3, -0.25) is 9.59 Å². The third-order valence-electron chi connectivity index (χ3n) is 3.33. The molecule has 0 aliphatic carbocycles. The van der Waals surface area contributed by atoms with Crippen LogP contribution in [-0.2, 0) is 22.6 Å². The van der Waals surface area contributed by atoms with E-state index in [9.17, 15) is 14.0 Å². The Bertz CT molecular complexity index is 951. The van der Waals surface area contributed by atoms with E-state index < -0.39 is 5.97 Å². The van der Waals surface area contributed by atoms with Crippen molar-refractivity contribution in [2.24, 2.45) is 0 Å². The molecule has 3 aromatic rings. The van der Waals surface area contributed by atoms with Crippen LogP contribution < -0.4 is 5.56 Å². The van der Waals surface area contributed by atoms with Crippen molar-refractivity contribution < 1.29 is 13.9 Å². The van der Waals surface area contributed by atoms with E-state index in [1.807, 2.05) is 0 Å².